The molecule has 0 aliphatic carbocycles. The molecule has 1 atom stereocenters. The van der Waals surface area contributed by atoms with E-state index in [2.05, 4.69) is 55.1 Å². The molecule has 1 aromatic carbocycles. The highest BCUT2D eigenvalue weighted by Crippen LogP contribution is 2.12. The van der Waals surface area contributed by atoms with Gasteiger partial charge in [0.05, 0.1) is 0 Å². The van der Waals surface area contributed by atoms with Crippen LogP contribution in [0.15, 0.2) is 30.6 Å². The standard InChI is InChI=1S/C17H26N4/c1-13(2)11-21-17(19-12-20-21)10-16(18)9-8-15-7-5-4-6-14(15)3/h4-7,12-13,16H,8-11,18H2,1-3H3. The number of hydrogen-bond acceptors (Lipinski definition) is 3. The number of aryl methyl sites for hydroxylation is 2. The lowest BCUT2D eigenvalue weighted by Gasteiger charge is -2.14. The van der Waals surface area contributed by atoms with Gasteiger partial charge in [0, 0.05) is 19.0 Å². The minimum Gasteiger partial charge on any atom is -0.327 e. The van der Waals surface area contributed by atoms with Gasteiger partial charge in [-0.2, -0.15) is 5.10 Å². The third-order valence-corrected chi connectivity index (χ3v) is 3.72. The number of benzene rings is 1. The van der Waals surface area contributed by atoms with Crippen LogP contribution in [0.2, 0.25) is 0 Å². The van der Waals surface area contributed by atoms with Crippen LogP contribution in [0.1, 0.15) is 37.2 Å². The Labute approximate surface area is 127 Å². The maximum Gasteiger partial charge on any atom is 0.138 e. The highest BCUT2D eigenvalue weighted by atomic mass is 15.3. The summed E-state index contributed by atoms with van der Waals surface area (Å²) >= 11 is 0. The van der Waals surface area contributed by atoms with Crippen LogP contribution in [0.5, 0.6) is 0 Å². The number of rotatable bonds is 7. The third kappa shape index (κ3) is 4.67. The van der Waals surface area contributed by atoms with Crippen molar-refractivity contribution >= 4 is 0 Å². The Bertz CT molecular complexity index is 559. The zero-order chi connectivity index (χ0) is 15.2. The topological polar surface area (TPSA) is 56.7 Å². The molecule has 4 heteroatoms. The smallest absolute Gasteiger partial charge is 0.138 e. The molecule has 0 saturated carbocycles. The molecule has 2 aromatic rings. The van der Waals surface area contributed by atoms with E-state index in [9.17, 15) is 0 Å². The van der Waals surface area contributed by atoms with E-state index in [1.165, 1.54) is 11.1 Å². The largest absolute Gasteiger partial charge is 0.327 e. The molecule has 0 fully saturated rings. The summed E-state index contributed by atoms with van der Waals surface area (Å²) in [6.45, 7) is 7.42. The van der Waals surface area contributed by atoms with E-state index in [1.807, 2.05) is 4.68 Å². The molecule has 21 heavy (non-hydrogen) atoms. The van der Waals surface area contributed by atoms with Crippen molar-refractivity contribution in [2.24, 2.45) is 11.7 Å². The normalized spacial score (nSPS) is 12.8. The van der Waals surface area contributed by atoms with Crippen molar-refractivity contribution < 1.29 is 0 Å². The second-order valence-corrected chi connectivity index (χ2v) is 6.18. The average molecular weight is 286 g/mol. The van der Waals surface area contributed by atoms with Crippen LogP contribution < -0.4 is 5.73 Å². The van der Waals surface area contributed by atoms with Crippen LogP contribution in [-0.2, 0) is 19.4 Å². The van der Waals surface area contributed by atoms with Gasteiger partial charge in [0.1, 0.15) is 12.2 Å². The van der Waals surface area contributed by atoms with Gasteiger partial charge in [-0.25, -0.2) is 9.67 Å². The molecule has 0 spiro atoms. The van der Waals surface area contributed by atoms with Gasteiger partial charge in [0.2, 0.25) is 0 Å². The number of nitrogens with two attached hydrogens (primary N) is 1. The van der Waals surface area contributed by atoms with E-state index in [0.29, 0.717) is 5.92 Å². The molecule has 0 saturated heterocycles. The maximum atomic E-state index is 6.28. The molecular formula is C17H26N4. The van der Waals surface area contributed by atoms with Gasteiger partial charge in [-0.3, -0.25) is 0 Å². The van der Waals surface area contributed by atoms with Crippen LogP contribution in [0.3, 0.4) is 0 Å². The van der Waals surface area contributed by atoms with E-state index in [0.717, 1.165) is 31.6 Å². The minimum atomic E-state index is 0.125. The Morgan fingerprint density at radius 3 is 2.71 bits per heavy atom. The van der Waals surface area contributed by atoms with E-state index in [4.69, 9.17) is 5.73 Å². The summed E-state index contributed by atoms with van der Waals surface area (Å²) < 4.78 is 1.98. The van der Waals surface area contributed by atoms with E-state index in [1.54, 1.807) is 6.33 Å². The van der Waals surface area contributed by atoms with Crippen LogP contribution in [0, 0.1) is 12.8 Å². The number of nitrogens with zero attached hydrogens (tertiary/aromatic N) is 3. The van der Waals surface area contributed by atoms with E-state index in [-0.39, 0.29) is 6.04 Å². The van der Waals surface area contributed by atoms with Crippen LogP contribution in [0.4, 0.5) is 0 Å². The number of aromatic nitrogens is 3. The molecule has 1 heterocycles. The summed E-state index contributed by atoms with van der Waals surface area (Å²) in [7, 11) is 0. The predicted octanol–water partition coefficient (Wildman–Crippen LogP) is 2.75. The molecule has 0 aliphatic heterocycles. The zero-order valence-corrected chi connectivity index (χ0v) is 13.3. The maximum absolute atomic E-state index is 6.28. The van der Waals surface area contributed by atoms with Crippen molar-refractivity contribution in [2.75, 3.05) is 0 Å². The molecule has 4 nitrogen and oxygen atoms in total. The molecule has 0 bridgehead atoms. The van der Waals surface area contributed by atoms with Gasteiger partial charge >= 0.3 is 0 Å². The molecular weight excluding hydrogens is 260 g/mol. The van der Waals surface area contributed by atoms with Crippen LogP contribution in [0.25, 0.3) is 0 Å². The third-order valence-electron chi connectivity index (χ3n) is 3.72. The Morgan fingerprint density at radius 1 is 1.24 bits per heavy atom. The van der Waals surface area contributed by atoms with Gasteiger partial charge in [-0.15, -0.1) is 0 Å². The van der Waals surface area contributed by atoms with E-state index < -0.39 is 0 Å². The second-order valence-electron chi connectivity index (χ2n) is 6.18. The highest BCUT2D eigenvalue weighted by molar-refractivity contribution is 5.25. The highest BCUT2D eigenvalue weighted by Gasteiger charge is 2.11. The Kier molecular flexibility index (Phi) is 5.51. The van der Waals surface area contributed by atoms with Crippen molar-refractivity contribution in [2.45, 2.75) is 52.6 Å². The fraction of sp³-hybridized carbons (Fsp3) is 0.529. The lowest BCUT2D eigenvalue weighted by Crippen LogP contribution is -2.26. The summed E-state index contributed by atoms with van der Waals surface area (Å²) in [5.41, 5.74) is 9.01. The lowest BCUT2D eigenvalue weighted by molar-refractivity contribution is 0.454. The summed E-state index contributed by atoms with van der Waals surface area (Å²) in [5, 5.41) is 4.29. The Balaban J connectivity index is 1.89. The summed E-state index contributed by atoms with van der Waals surface area (Å²) in [5.74, 6) is 1.56. The first kappa shape index (κ1) is 15.7. The molecule has 0 radical (unpaired) electrons. The molecule has 1 unspecified atom stereocenters. The van der Waals surface area contributed by atoms with Crippen molar-refractivity contribution in [3.05, 3.63) is 47.5 Å². The summed E-state index contributed by atoms with van der Waals surface area (Å²) in [4.78, 5) is 4.35. The SMILES string of the molecule is Cc1ccccc1CCC(N)Cc1ncnn1CC(C)C. The number of hydrogen-bond donors (Lipinski definition) is 1. The quantitative estimate of drug-likeness (QED) is 0.851. The van der Waals surface area contributed by atoms with Crippen molar-refractivity contribution in [1.82, 2.24) is 14.8 Å². The van der Waals surface area contributed by atoms with E-state index >= 15 is 0 Å². The average Bonchev–Trinajstić information content (AvgIpc) is 2.84. The first-order valence-electron chi connectivity index (χ1n) is 7.73. The monoisotopic (exact) mass is 286 g/mol. The van der Waals surface area contributed by atoms with Gasteiger partial charge in [-0.1, -0.05) is 38.1 Å². The fourth-order valence-corrected chi connectivity index (χ4v) is 2.51. The Hall–Kier alpha value is -1.68. The lowest BCUT2D eigenvalue weighted by atomic mass is 10.00. The van der Waals surface area contributed by atoms with Gasteiger partial charge < -0.3 is 5.73 Å². The Morgan fingerprint density at radius 2 is 2.00 bits per heavy atom. The van der Waals surface area contributed by atoms with Crippen molar-refractivity contribution in [3.8, 4) is 0 Å². The molecule has 114 valence electrons. The first-order valence-corrected chi connectivity index (χ1v) is 7.73. The molecule has 1 aromatic heterocycles. The van der Waals surface area contributed by atoms with Gasteiger partial charge in [0.15, 0.2) is 0 Å². The zero-order valence-electron chi connectivity index (χ0n) is 13.3. The van der Waals surface area contributed by atoms with Crippen molar-refractivity contribution in [1.29, 1.82) is 0 Å². The molecule has 2 N–H and O–H groups in total. The summed E-state index contributed by atoms with van der Waals surface area (Å²) in [6, 6.07) is 8.63. The van der Waals surface area contributed by atoms with Crippen molar-refractivity contribution in [3.63, 3.8) is 0 Å². The van der Waals surface area contributed by atoms with Gasteiger partial charge in [-0.05, 0) is 36.8 Å². The predicted molar refractivity (Wildman–Crippen MR) is 86.0 cm³/mol. The first-order chi connectivity index (χ1) is 10.1. The fourth-order valence-electron chi connectivity index (χ4n) is 2.51. The van der Waals surface area contributed by atoms with Gasteiger partial charge in [0.25, 0.3) is 0 Å². The second kappa shape index (κ2) is 7.36. The molecule has 0 amide bonds. The van der Waals surface area contributed by atoms with Crippen LogP contribution >= 0.6 is 0 Å². The molecule has 0 aliphatic rings. The summed E-state index contributed by atoms with van der Waals surface area (Å²) in [6.07, 6.45) is 4.41. The van der Waals surface area contributed by atoms with Crippen LogP contribution in [-0.4, -0.2) is 20.8 Å². The minimum absolute atomic E-state index is 0.125. The molecule has 2 rings (SSSR count).